The van der Waals surface area contributed by atoms with Crippen molar-refractivity contribution in [1.82, 2.24) is 24.4 Å². The van der Waals surface area contributed by atoms with E-state index in [0.29, 0.717) is 12.5 Å². The molecule has 22 heavy (non-hydrogen) atoms. The SMILES string of the molecule is CN(C)C/C=C/C(=O)Nc1nc2cnc3[nH]ccc3c2n1C. The summed E-state index contributed by atoms with van der Waals surface area (Å²) in [7, 11) is 5.77. The van der Waals surface area contributed by atoms with Gasteiger partial charge in [0, 0.05) is 31.3 Å². The van der Waals surface area contributed by atoms with E-state index in [2.05, 4.69) is 20.3 Å². The second-order valence-electron chi connectivity index (χ2n) is 5.38. The molecule has 3 rings (SSSR count). The van der Waals surface area contributed by atoms with Crippen LogP contribution in [0.1, 0.15) is 0 Å². The number of carbonyl (C=O) groups is 1. The van der Waals surface area contributed by atoms with Crippen LogP contribution in [0.2, 0.25) is 0 Å². The van der Waals surface area contributed by atoms with Crippen LogP contribution in [0.4, 0.5) is 5.95 Å². The first-order valence-electron chi connectivity index (χ1n) is 6.97. The van der Waals surface area contributed by atoms with E-state index < -0.39 is 0 Å². The van der Waals surface area contributed by atoms with Gasteiger partial charge in [-0.2, -0.15) is 0 Å². The van der Waals surface area contributed by atoms with Gasteiger partial charge in [-0.25, -0.2) is 9.97 Å². The zero-order chi connectivity index (χ0) is 15.7. The van der Waals surface area contributed by atoms with Gasteiger partial charge in [-0.1, -0.05) is 6.08 Å². The Morgan fingerprint density at radius 2 is 2.32 bits per heavy atom. The highest BCUT2D eigenvalue weighted by atomic mass is 16.1. The molecular formula is C15H18N6O. The van der Waals surface area contributed by atoms with E-state index in [1.54, 1.807) is 6.20 Å². The predicted octanol–water partition coefficient (Wildman–Crippen LogP) is 1.51. The van der Waals surface area contributed by atoms with Crippen molar-refractivity contribution in [2.24, 2.45) is 7.05 Å². The van der Waals surface area contributed by atoms with E-state index in [-0.39, 0.29) is 5.91 Å². The number of aryl methyl sites for hydroxylation is 1. The zero-order valence-corrected chi connectivity index (χ0v) is 12.8. The Kier molecular flexibility index (Phi) is 3.64. The highest BCUT2D eigenvalue weighted by Gasteiger charge is 2.13. The summed E-state index contributed by atoms with van der Waals surface area (Å²) in [5, 5.41) is 3.78. The second-order valence-corrected chi connectivity index (χ2v) is 5.38. The number of fused-ring (bicyclic) bond motifs is 3. The van der Waals surface area contributed by atoms with Crippen molar-refractivity contribution < 1.29 is 4.79 Å². The molecule has 0 spiro atoms. The van der Waals surface area contributed by atoms with Crippen molar-refractivity contribution in [3.05, 3.63) is 30.6 Å². The van der Waals surface area contributed by atoms with E-state index in [1.807, 2.05) is 48.9 Å². The van der Waals surface area contributed by atoms with Gasteiger partial charge in [0.25, 0.3) is 0 Å². The minimum atomic E-state index is -0.196. The van der Waals surface area contributed by atoms with Crippen LogP contribution in [0.5, 0.6) is 0 Å². The van der Waals surface area contributed by atoms with Crippen LogP contribution in [-0.2, 0) is 11.8 Å². The van der Waals surface area contributed by atoms with Crippen molar-refractivity contribution in [3.8, 4) is 0 Å². The molecule has 7 nitrogen and oxygen atoms in total. The molecule has 0 saturated carbocycles. The first-order valence-corrected chi connectivity index (χ1v) is 6.97. The molecule has 3 aromatic heterocycles. The molecule has 0 unspecified atom stereocenters. The highest BCUT2D eigenvalue weighted by molar-refractivity contribution is 6.04. The molecule has 114 valence electrons. The molecule has 2 N–H and O–H groups in total. The van der Waals surface area contributed by atoms with Crippen molar-refractivity contribution in [2.45, 2.75) is 0 Å². The second kappa shape index (κ2) is 5.61. The Hall–Kier alpha value is -2.67. The smallest absolute Gasteiger partial charge is 0.250 e. The number of anilines is 1. The van der Waals surface area contributed by atoms with Crippen LogP contribution in [0.25, 0.3) is 22.1 Å². The lowest BCUT2D eigenvalue weighted by Gasteiger charge is -2.04. The van der Waals surface area contributed by atoms with Gasteiger partial charge in [0.15, 0.2) is 0 Å². The van der Waals surface area contributed by atoms with Gasteiger partial charge >= 0.3 is 0 Å². The maximum atomic E-state index is 11.9. The molecule has 7 heteroatoms. The summed E-state index contributed by atoms with van der Waals surface area (Å²) in [6, 6.07) is 1.95. The molecule has 0 bridgehead atoms. The van der Waals surface area contributed by atoms with Crippen LogP contribution >= 0.6 is 0 Å². The van der Waals surface area contributed by atoms with E-state index >= 15 is 0 Å². The number of carbonyl (C=O) groups excluding carboxylic acids is 1. The summed E-state index contributed by atoms with van der Waals surface area (Å²) in [6.45, 7) is 0.712. The van der Waals surface area contributed by atoms with Gasteiger partial charge in [0.05, 0.1) is 11.7 Å². The fraction of sp³-hybridized carbons (Fsp3) is 0.267. The van der Waals surface area contributed by atoms with Crippen LogP contribution in [0.15, 0.2) is 30.6 Å². The molecule has 0 aliphatic rings. The molecule has 0 aliphatic carbocycles. The minimum absolute atomic E-state index is 0.196. The lowest BCUT2D eigenvalue weighted by atomic mass is 10.3. The number of hydrogen-bond donors (Lipinski definition) is 2. The zero-order valence-electron chi connectivity index (χ0n) is 12.8. The number of likely N-dealkylation sites (N-methyl/N-ethyl adjacent to an activating group) is 1. The van der Waals surface area contributed by atoms with Gasteiger partial charge in [-0.15, -0.1) is 0 Å². The van der Waals surface area contributed by atoms with Crippen LogP contribution in [0.3, 0.4) is 0 Å². The Morgan fingerprint density at radius 1 is 1.50 bits per heavy atom. The number of H-pyrrole nitrogens is 1. The fourth-order valence-electron chi connectivity index (χ4n) is 2.35. The molecule has 0 radical (unpaired) electrons. The topological polar surface area (TPSA) is 78.8 Å². The number of pyridine rings is 1. The molecule has 0 atom stereocenters. The first kappa shape index (κ1) is 14.3. The fourth-order valence-corrected chi connectivity index (χ4v) is 2.35. The summed E-state index contributed by atoms with van der Waals surface area (Å²) in [5.41, 5.74) is 2.50. The number of amides is 1. The maximum absolute atomic E-state index is 11.9. The molecule has 0 aromatic carbocycles. The van der Waals surface area contributed by atoms with Crippen LogP contribution < -0.4 is 5.32 Å². The largest absolute Gasteiger partial charge is 0.346 e. The van der Waals surface area contributed by atoms with Gasteiger partial charge in [0.2, 0.25) is 11.9 Å². The van der Waals surface area contributed by atoms with Gasteiger partial charge in [0.1, 0.15) is 11.2 Å². The summed E-state index contributed by atoms with van der Waals surface area (Å²) >= 11 is 0. The predicted molar refractivity (Wildman–Crippen MR) is 86.7 cm³/mol. The van der Waals surface area contributed by atoms with Gasteiger partial charge in [-0.05, 0) is 20.2 Å². The molecule has 0 fully saturated rings. The van der Waals surface area contributed by atoms with E-state index in [9.17, 15) is 4.79 Å². The number of aromatic amines is 1. The quantitative estimate of drug-likeness (QED) is 0.716. The Morgan fingerprint density at radius 3 is 3.09 bits per heavy atom. The third-order valence-electron chi connectivity index (χ3n) is 3.39. The van der Waals surface area contributed by atoms with Gasteiger partial charge in [-0.3, -0.25) is 10.1 Å². The number of hydrogen-bond acceptors (Lipinski definition) is 4. The summed E-state index contributed by atoms with van der Waals surface area (Å²) < 4.78 is 1.87. The number of imidazole rings is 1. The lowest BCUT2D eigenvalue weighted by Crippen LogP contribution is -2.14. The first-order chi connectivity index (χ1) is 10.6. The summed E-state index contributed by atoms with van der Waals surface area (Å²) in [4.78, 5) is 25.7. The summed E-state index contributed by atoms with van der Waals surface area (Å²) in [6.07, 6.45) is 6.87. The average Bonchev–Trinajstić information content (AvgIpc) is 3.03. The highest BCUT2D eigenvalue weighted by Crippen LogP contribution is 2.24. The van der Waals surface area contributed by atoms with Crippen molar-refractivity contribution in [3.63, 3.8) is 0 Å². The third-order valence-corrected chi connectivity index (χ3v) is 3.39. The van der Waals surface area contributed by atoms with Crippen molar-refractivity contribution in [1.29, 1.82) is 0 Å². The Bertz CT molecular complexity index is 858. The van der Waals surface area contributed by atoms with Crippen LogP contribution in [-0.4, -0.2) is 51.0 Å². The number of aromatic nitrogens is 4. The normalized spacial score (nSPS) is 12.0. The van der Waals surface area contributed by atoms with E-state index in [4.69, 9.17) is 0 Å². The molecule has 1 amide bonds. The lowest BCUT2D eigenvalue weighted by molar-refractivity contribution is -0.112. The standard InChI is InChI=1S/C15H18N6O/c1-20(2)8-4-5-12(22)19-15-18-11-9-17-14-10(6-7-16-14)13(11)21(15)3/h4-7,9H,8H2,1-3H3,(H,16,17)(H,18,19,22)/b5-4+. The Balaban J connectivity index is 1.90. The third kappa shape index (κ3) is 2.58. The monoisotopic (exact) mass is 298 g/mol. The molecule has 0 saturated heterocycles. The maximum Gasteiger partial charge on any atom is 0.250 e. The number of nitrogens with one attached hydrogen (secondary N) is 2. The Labute approximate surface area is 127 Å². The van der Waals surface area contributed by atoms with E-state index in [0.717, 1.165) is 22.1 Å². The minimum Gasteiger partial charge on any atom is -0.346 e. The van der Waals surface area contributed by atoms with Crippen molar-refractivity contribution in [2.75, 3.05) is 26.0 Å². The van der Waals surface area contributed by atoms with E-state index in [1.165, 1.54) is 6.08 Å². The van der Waals surface area contributed by atoms with Crippen LogP contribution in [0, 0.1) is 0 Å². The molecule has 0 aliphatic heterocycles. The molecular weight excluding hydrogens is 280 g/mol. The number of rotatable bonds is 4. The van der Waals surface area contributed by atoms with Crippen molar-refractivity contribution >= 4 is 33.9 Å². The molecule has 3 aromatic rings. The number of nitrogens with zero attached hydrogens (tertiary/aromatic N) is 4. The van der Waals surface area contributed by atoms with Gasteiger partial charge < -0.3 is 14.5 Å². The average molecular weight is 298 g/mol. The summed E-state index contributed by atoms with van der Waals surface area (Å²) in [5.74, 6) is 0.309. The molecule has 3 heterocycles.